The van der Waals surface area contributed by atoms with E-state index in [1.165, 1.54) is 6.07 Å². The summed E-state index contributed by atoms with van der Waals surface area (Å²) in [5, 5.41) is 8.80. The van der Waals surface area contributed by atoms with E-state index in [0.29, 0.717) is 0 Å². The number of hydrogen-bond donors (Lipinski definition) is 0. The molecule has 1 heterocycles. The third-order valence-corrected chi connectivity index (χ3v) is 3.69. The highest BCUT2D eigenvalue weighted by Crippen LogP contribution is 2.36. The van der Waals surface area contributed by atoms with E-state index in [1.54, 1.807) is 6.07 Å². The molecule has 0 bridgehead atoms. The summed E-state index contributed by atoms with van der Waals surface area (Å²) in [6.07, 6.45) is 0. The van der Waals surface area contributed by atoms with E-state index in [4.69, 9.17) is 14.6 Å². The van der Waals surface area contributed by atoms with Gasteiger partial charge in [0.2, 0.25) is 0 Å². The maximum atomic E-state index is 13.8. The molecule has 0 aliphatic carbocycles. The predicted molar refractivity (Wildman–Crippen MR) is 66.8 cm³/mol. The van der Waals surface area contributed by atoms with Crippen LogP contribution < -0.4 is 5.46 Å². The number of benzene rings is 1. The monoisotopic (exact) mass is 265 g/mol. The van der Waals surface area contributed by atoms with Gasteiger partial charge in [-0.1, -0.05) is 0 Å². The fourth-order valence-corrected chi connectivity index (χ4v) is 1.82. The molecule has 0 atom stereocenters. The molecule has 6 heteroatoms. The van der Waals surface area contributed by atoms with Crippen LogP contribution >= 0.6 is 0 Å². The van der Waals surface area contributed by atoms with Crippen molar-refractivity contribution in [2.75, 3.05) is 0 Å². The normalized spacial score (nSPS) is 20.4. The lowest BCUT2D eigenvalue weighted by Crippen LogP contribution is -2.41. The molecular weight excluding hydrogens is 251 g/mol. The van der Waals surface area contributed by atoms with Gasteiger partial charge in [0.1, 0.15) is 0 Å². The highest BCUT2D eigenvalue weighted by Gasteiger charge is 2.52. The fourth-order valence-electron chi connectivity index (χ4n) is 1.82. The third kappa shape index (κ3) is 2.24. The number of rotatable bonds is 1. The Hall–Kier alpha value is -1.45. The summed E-state index contributed by atoms with van der Waals surface area (Å²) in [5.74, 6) is -2.12. The lowest BCUT2D eigenvalue weighted by molar-refractivity contribution is 0.00578. The van der Waals surface area contributed by atoms with Crippen LogP contribution in [0.15, 0.2) is 12.1 Å². The van der Waals surface area contributed by atoms with Gasteiger partial charge in [-0.25, -0.2) is 8.78 Å². The largest absolute Gasteiger partial charge is 0.498 e. The number of hydrogen-bond acceptors (Lipinski definition) is 3. The predicted octanol–water partition coefficient (Wildman–Crippen LogP) is 2.14. The van der Waals surface area contributed by atoms with Crippen molar-refractivity contribution in [3.8, 4) is 6.07 Å². The highest BCUT2D eigenvalue weighted by molar-refractivity contribution is 6.62. The average molecular weight is 265 g/mol. The van der Waals surface area contributed by atoms with E-state index in [1.807, 2.05) is 27.7 Å². The van der Waals surface area contributed by atoms with Gasteiger partial charge in [0, 0.05) is 5.46 Å². The molecule has 1 aliphatic rings. The quantitative estimate of drug-likeness (QED) is 0.730. The van der Waals surface area contributed by atoms with E-state index in [9.17, 15) is 8.78 Å². The summed E-state index contributed by atoms with van der Waals surface area (Å²) in [5.41, 5.74) is -1.36. The first kappa shape index (κ1) is 14.0. The zero-order chi connectivity index (χ0) is 14.4. The first-order chi connectivity index (χ1) is 8.68. The summed E-state index contributed by atoms with van der Waals surface area (Å²) in [4.78, 5) is 0. The smallest absolute Gasteiger partial charge is 0.399 e. The minimum absolute atomic E-state index is 0.0311. The van der Waals surface area contributed by atoms with Crippen molar-refractivity contribution in [2.45, 2.75) is 38.9 Å². The number of nitriles is 1. The molecule has 0 spiro atoms. The summed E-state index contributed by atoms with van der Waals surface area (Å²) in [7, 11) is -1.02. The van der Waals surface area contributed by atoms with Crippen molar-refractivity contribution < 1.29 is 18.1 Å². The number of halogens is 2. The second kappa shape index (κ2) is 4.29. The van der Waals surface area contributed by atoms with Crippen molar-refractivity contribution in [1.29, 1.82) is 5.26 Å². The minimum Gasteiger partial charge on any atom is -0.399 e. The summed E-state index contributed by atoms with van der Waals surface area (Å²) in [6.45, 7) is 7.26. The molecular formula is C13H14BF2NO2. The summed E-state index contributed by atoms with van der Waals surface area (Å²) in [6, 6.07) is 3.88. The van der Waals surface area contributed by atoms with Gasteiger partial charge in [-0.15, -0.1) is 0 Å². The van der Waals surface area contributed by atoms with E-state index >= 15 is 0 Å². The van der Waals surface area contributed by atoms with Crippen LogP contribution in [0.4, 0.5) is 8.78 Å². The van der Waals surface area contributed by atoms with E-state index < -0.39 is 30.0 Å². The van der Waals surface area contributed by atoms with E-state index in [-0.39, 0.29) is 11.0 Å². The first-order valence-electron chi connectivity index (χ1n) is 5.92. The van der Waals surface area contributed by atoms with E-state index in [0.717, 1.165) is 6.07 Å². The fraction of sp³-hybridized carbons (Fsp3) is 0.462. The Morgan fingerprint density at radius 2 is 1.63 bits per heavy atom. The maximum Gasteiger partial charge on any atom is 0.498 e. The zero-order valence-electron chi connectivity index (χ0n) is 11.3. The summed E-state index contributed by atoms with van der Waals surface area (Å²) < 4.78 is 38.6. The number of nitrogens with zero attached hydrogens (tertiary/aromatic N) is 1. The van der Waals surface area contributed by atoms with Crippen LogP contribution in [0.2, 0.25) is 0 Å². The molecule has 1 fully saturated rings. The lowest BCUT2D eigenvalue weighted by atomic mass is 9.78. The molecule has 0 aromatic heterocycles. The molecule has 0 radical (unpaired) electrons. The first-order valence-corrected chi connectivity index (χ1v) is 5.92. The van der Waals surface area contributed by atoms with Gasteiger partial charge in [0.15, 0.2) is 11.6 Å². The molecule has 0 amide bonds. The average Bonchev–Trinajstić information content (AvgIpc) is 2.51. The van der Waals surface area contributed by atoms with Crippen molar-refractivity contribution in [3.63, 3.8) is 0 Å². The molecule has 1 aromatic rings. The molecule has 3 nitrogen and oxygen atoms in total. The molecule has 1 aromatic carbocycles. The van der Waals surface area contributed by atoms with Crippen LogP contribution in [0.25, 0.3) is 0 Å². The molecule has 2 rings (SSSR count). The second-order valence-corrected chi connectivity index (χ2v) is 5.56. The Labute approximate surface area is 111 Å². The summed E-state index contributed by atoms with van der Waals surface area (Å²) >= 11 is 0. The minimum atomic E-state index is -1.08. The topological polar surface area (TPSA) is 42.2 Å². The Morgan fingerprint density at radius 1 is 1.11 bits per heavy atom. The molecule has 100 valence electrons. The van der Waals surface area contributed by atoms with Crippen molar-refractivity contribution in [2.24, 2.45) is 0 Å². The van der Waals surface area contributed by atoms with Gasteiger partial charge in [-0.3, -0.25) is 0 Å². The Kier molecular flexibility index (Phi) is 3.16. The van der Waals surface area contributed by atoms with Crippen LogP contribution in [0.1, 0.15) is 33.3 Å². The van der Waals surface area contributed by atoms with Crippen LogP contribution in [-0.4, -0.2) is 18.3 Å². The van der Waals surface area contributed by atoms with Crippen LogP contribution in [0, 0.1) is 23.0 Å². The third-order valence-electron chi connectivity index (χ3n) is 3.69. The highest BCUT2D eigenvalue weighted by atomic mass is 19.2. The van der Waals surface area contributed by atoms with Gasteiger partial charge in [0.25, 0.3) is 0 Å². The van der Waals surface area contributed by atoms with Gasteiger partial charge >= 0.3 is 7.12 Å². The maximum absolute atomic E-state index is 13.8. The van der Waals surface area contributed by atoms with Gasteiger partial charge < -0.3 is 9.31 Å². The molecule has 0 saturated carbocycles. The van der Waals surface area contributed by atoms with Crippen LogP contribution in [-0.2, 0) is 9.31 Å². The molecule has 1 saturated heterocycles. The van der Waals surface area contributed by atoms with Gasteiger partial charge in [-0.2, -0.15) is 5.26 Å². The Balaban J connectivity index is 2.45. The van der Waals surface area contributed by atoms with Crippen LogP contribution in [0.3, 0.4) is 0 Å². The Bertz CT molecular complexity index is 550. The lowest BCUT2D eigenvalue weighted by Gasteiger charge is -2.32. The SMILES string of the molecule is CC1(C)OB(c2cc(C#N)cc(F)c2F)OC1(C)C. The molecule has 0 unspecified atom stereocenters. The standard InChI is InChI=1S/C13H14BF2NO2/c1-12(2)13(3,4)19-14(18-12)9-5-8(7-17)6-10(15)11(9)16/h5-6H,1-4H3. The van der Waals surface area contributed by atoms with Crippen molar-refractivity contribution >= 4 is 12.6 Å². The van der Waals surface area contributed by atoms with Crippen LogP contribution in [0.5, 0.6) is 0 Å². The molecule has 19 heavy (non-hydrogen) atoms. The molecule has 0 N–H and O–H groups in total. The van der Waals surface area contributed by atoms with Gasteiger partial charge in [-0.05, 0) is 39.8 Å². The zero-order valence-corrected chi connectivity index (χ0v) is 11.3. The molecule has 1 aliphatic heterocycles. The second-order valence-electron chi connectivity index (χ2n) is 5.56. The van der Waals surface area contributed by atoms with Gasteiger partial charge in [0.05, 0.1) is 22.8 Å². The Morgan fingerprint density at radius 3 is 2.11 bits per heavy atom. The van der Waals surface area contributed by atoms with E-state index in [2.05, 4.69) is 0 Å². The van der Waals surface area contributed by atoms with Crippen molar-refractivity contribution in [1.82, 2.24) is 0 Å². The van der Waals surface area contributed by atoms with Crippen molar-refractivity contribution in [3.05, 3.63) is 29.3 Å².